The molecule has 3 N–H and O–H groups in total. The van der Waals surface area contributed by atoms with E-state index < -0.39 is 11.7 Å². The van der Waals surface area contributed by atoms with E-state index >= 15 is 0 Å². The lowest BCUT2D eigenvalue weighted by Crippen LogP contribution is -2.46. The van der Waals surface area contributed by atoms with Crippen molar-refractivity contribution in [3.05, 3.63) is 63.6 Å². The summed E-state index contributed by atoms with van der Waals surface area (Å²) >= 11 is 0. The van der Waals surface area contributed by atoms with Crippen LogP contribution in [0.15, 0.2) is 45.6 Å². The number of aromatic nitrogens is 1. The number of unbranched alkanes of at least 4 members (excludes halogenated alkanes) is 1. The fraction of sp³-hybridized carbons (Fsp3) is 0.391. The molecule has 1 aliphatic heterocycles. The molecule has 1 aliphatic rings. The summed E-state index contributed by atoms with van der Waals surface area (Å²) < 4.78 is 5.12. The Morgan fingerprint density at radius 3 is 2.60 bits per heavy atom. The Morgan fingerprint density at radius 2 is 1.87 bits per heavy atom. The molecule has 2 heterocycles. The number of rotatable bonds is 7. The minimum atomic E-state index is -0.514. The molecule has 3 aromatic rings. The first-order valence-electron chi connectivity index (χ1n) is 10.5. The quantitative estimate of drug-likeness (QED) is 0.586. The van der Waals surface area contributed by atoms with Gasteiger partial charge in [0.15, 0.2) is 5.58 Å². The van der Waals surface area contributed by atoms with Crippen LogP contribution in [0.25, 0.3) is 11.1 Å². The number of oxazole rings is 1. The molecule has 158 valence electrons. The summed E-state index contributed by atoms with van der Waals surface area (Å²) in [7, 11) is 0. The third kappa shape index (κ3) is 4.26. The van der Waals surface area contributed by atoms with Gasteiger partial charge in [-0.05, 0) is 62.1 Å². The minimum absolute atomic E-state index is 0.450. The predicted molar refractivity (Wildman–Crippen MR) is 118 cm³/mol. The number of carbonyl (C=O) groups is 1. The molecule has 30 heavy (non-hydrogen) atoms. The summed E-state index contributed by atoms with van der Waals surface area (Å²) in [6.07, 6.45) is 2.60. The van der Waals surface area contributed by atoms with Gasteiger partial charge in [0.05, 0.1) is 5.52 Å². The lowest BCUT2D eigenvalue weighted by atomic mass is 9.99. The first kappa shape index (κ1) is 20.2. The molecule has 1 fully saturated rings. The Balaban J connectivity index is 1.31. The van der Waals surface area contributed by atoms with Gasteiger partial charge in [-0.2, -0.15) is 0 Å². The van der Waals surface area contributed by atoms with Gasteiger partial charge in [0.25, 0.3) is 0 Å². The molecule has 2 aromatic carbocycles. The molecular formula is C23H28N4O3. The highest BCUT2D eigenvalue weighted by molar-refractivity contribution is 5.98. The average Bonchev–Trinajstić information content (AvgIpc) is 3.12. The van der Waals surface area contributed by atoms with Crippen LogP contribution in [0, 0.1) is 6.92 Å². The van der Waals surface area contributed by atoms with E-state index in [9.17, 15) is 9.59 Å². The van der Waals surface area contributed by atoms with Gasteiger partial charge in [-0.25, -0.2) is 4.79 Å². The van der Waals surface area contributed by atoms with E-state index in [1.807, 2.05) is 0 Å². The number of piperazine rings is 1. The normalized spacial score (nSPS) is 15.0. The van der Waals surface area contributed by atoms with Crippen LogP contribution in [0.4, 0.5) is 5.69 Å². The molecule has 1 amide bonds. The van der Waals surface area contributed by atoms with E-state index in [4.69, 9.17) is 10.2 Å². The molecule has 1 saturated heterocycles. The summed E-state index contributed by atoms with van der Waals surface area (Å²) in [5.41, 5.74) is 10.5. The van der Waals surface area contributed by atoms with Crippen molar-refractivity contribution >= 4 is 22.7 Å². The van der Waals surface area contributed by atoms with Crippen molar-refractivity contribution in [2.24, 2.45) is 5.73 Å². The summed E-state index contributed by atoms with van der Waals surface area (Å²) in [6.45, 7) is 7.34. The van der Waals surface area contributed by atoms with E-state index in [2.05, 4.69) is 46.0 Å². The Morgan fingerprint density at radius 1 is 1.10 bits per heavy atom. The van der Waals surface area contributed by atoms with Crippen LogP contribution in [-0.2, 0) is 6.42 Å². The van der Waals surface area contributed by atoms with Crippen LogP contribution in [-0.4, -0.2) is 48.5 Å². The fourth-order valence-electron chi connectivity index (χ4n) is 4.33. The van der Waals surface area contributed by atoms with Crippen molar-refractivity contribution in [1.29, 1.82) is 0 Å². The Kier molecular flexibility index (Phi) is 5.90. The second kappa shape index (κ2) is 8.75. The molecule has 0 bridgehead atoms. The first-order valence-corrected chi connectivity index (χ1v) is 10.5. The topological polar surface area (TPSA) is 95.6 Å². The van der Waals surface area contributed by atoms with Crippen molar-refractivity contribution in [3.63, 3.8) is 0 Å². The number of hydrogen-bond donors (Lipinski definition) is 2. The van der Waals surface area contributed by atoms with Gasteiger partial charge in [0.2, 0.25) is 5.91 Å². The number of anilines is 1. The molecule has 0 saturated carbocycles. The van der Waals surface area contributed by atoms with Gasteiger partial charge >= 0.3 is 5.76 Å². The first-order chi connectivity index (χ1) is 14.5. The number of benzene rings is 2. The highest BCUT2D eigenvalue weighted by atomic mass is 16.4. The summed E-state index contributed by atoms with van der Waals surface area (Å²) in [5.74, 6) is -0.999. The van der Waals surface area contributed by atoms with E-state index in [1.165, 1.54) is 11.3 Å². The number of aryl methyl sites for hydroxylation is 2. The second-order valence-electron chi connectivity index (χ2n) is 7.92. The Bertz CT molecular complexity index is 1090. The predicted octanol–water partition coefficient (Wildman–Crippen LogP) is 2.67. The maximum Gasteiger partial charge on any atom is 0.417 e. The third-order valence-corrected chi connectivity index (χ3v) is 5.95. The number of primary amides is 1. The molecule has 1 aromatic heterocycles. The summed E-state index contributed by atoms with van der Waals surface area (Å²) in [6, 6.07) is 11.8. The van der Waals surface area contributed by atoms with Gasteiger partial charge < -0.3 is 15.1 Å². The molecule has 0 unspecified atom stereocenters. The largest absolute Gasteiger partial charge is 0.417 e. The fourth-order valence-corrected chi connectivity index (χ4v) is 4.33. The van der Waals surface area contributed by atoms with E-state index in [0.717, 1.165) is 51.1 Å². The zero-order valence-corrected chi connectivity index (χ0v) is 17.3. The number of H-pyrrole nitrogens is 1. The maximum absolute atomic E-state index is 11.8. The van der Waals surface area contributed by atoms with Crippen LogP contribution < -0.4 is 16.4 Å². The summed E-state index contributed by atoms with van der Waals surface area (Å²) in [4.78, 5) is 31.0. The second-order valence-corrected chi connectivity index (χ2v) is 7.92. The number of nitrogens with one attached hydrogen (secondary N) is 1. The van der Waals surface area contributed by atoms with Crippen LogP contribution in [0.1, 0.15) is 34.3 Å². The van der Waals surface area contributed by atoms with Gasteiger partial charge in [-0.3, -0.25) is 14.7 Å². The van der Waals surface area contributed by atoms with Gasteiger partial charge in [-0.1, -0.05) is 18.2 Å². The van der Waals surface area contributed by atoms with Crippen LogP contribution >= 0.6 is 0 Å². The molecule has 7 heteroatoms. The molecule has 0 spiro atoms. The van der Waals surface area contributed by atoms with Crippen molar-refractivity contribution in [2.45, 2.75) is 26.2 Å². The van der Waals surface area contributed by atoms with Crippen LogP contribution in [0.3, 0.4) is 0 Å². The number of para-hydroxylation sites is 1. The van der Waals surface area contributed by atoms with E-state index in [0.29, 0.717) is 23.1 Å². The molecule has 0 atom stereocenters. The molecular weight excluding hydrogens is 380 g/mol. The van der Waals surface area contributed by atoms with Gasteiger partial charge in [-0.15, -0.1) is 0 Å². The number of carbonyl (C=O) groups excluding carboxylic acids is 1. The number of hydrogen-bond acceptors (Lipinski definition) is 5. The number of nitrogens with zero attached hydrogens (tertiary/aromatic N) is 2. The third-order valence-electron chi connectivity index (χ3n) is 5.95. The lowest BCUT2D eigenvalue weighted by Gasteiger charge is -2.36. The zero-order chi connectivity index (χ0) is 21.1. The van der Waals surface area contributed by atoms with Crippen molar-refractivity contribution in [2.75, 3.05) is 37.6 Å². The monoisotopic (exact) mass is 408 g/mol. The van der Waals surface area contributed by atoms with E-state index in [1.54, 1.807) is 12.1 Å². The standard InChI is InChI=1S/C23H28N4O3/c1-16-6-2-3-8-19(16)27-14-12-26(13-15-27)11-5-4-7-17-18(22(24)28)9-10-20-21(17)25-23(29)30-20/h2-3,6,8-10H,4-5,7,11-15H2,1H3,(H2,24,28)(H,25,29). The zero-order valence-electron chi connectivity index (χ0n) is 17.3. The van der Waals surface area contributed by atoms with Gasteiger partial charge in [0, 0.05) is 37.4 Å². The molecule has 7 nitrogen and oxygen atoms in total. The lowest BCUT2D eigenvalue weighted by molar-refractivity contribution is 0.0999. The Hall–Kier alpha value is -3.06. The maximum atomic E-state index is 11.8. The van der Waals surface area contributed by atoms with E-state index in [-0.39, 0.29) is 0 Å². The van der Waals surface area contributed by atoms with Crippen LogP contribution in [0.5, 0.6) is 0 Å². The number of fused-ring (bicyclic) bond motifs is 1. The van der Waals surface area contributed by atoms with Crippen molar-refractivity contribution in [1.82, 2.24) is 9.88 Å². The minimum Gasteiger partial charge on any atom is -0.408 e. The van der Waals surface area contributed by atoms with Crippen molar-refractivity contribution < 1.29 is 9.21 Å². The van der Waals surface area contributed by atoms with Gasteiger partial charge in [0.1, 0.15) is 0 Å². The highest BCUT2D eigenvalue weighted by Crippen LogP contribution is 2.23. The smallest absolute Gasteiger partial charge is 0.408 e. The SMILES string of the molecule is Cc1ccccc1N1CCN(CCCCc2c(C(N)=O)ccc3oc(=O)[nH]c23)CC1. The number of amides is 1. The average molecular weight is 409 g/mol. The number of nitrogens with two attached hydrogens (primary N) is 1. The molecule has 0 aliphatic carbocycles. The highest BCUT2D eigenvalue weighted by Gasteiger charge is 2.19. The summed E-state index contributed by atoms with van der Waals surface area (Å²) in [5, 5.41) is 0. The van der Waals surface area contributed by atoms with Crippen LogP contribution in [0.2, 0.25) is 0 Å². The molecule has 4 rings (SSSR count). The molecule has 0 radical (unpaired) electrons. The Labute approximate surface area is 175 Å². The van der Waals surface area contributed by atoms with Crippen molar-refractivity contribution in [3.8, 4) is 0 Å². The number of aromatic amines is 1.